The number of benzene rings is 1. The van der Waals surface area contributed by atoms with Crippen LogP contribution in [0, 0.1) is 0 Å². The van der Waals surface area contributed by atoms with Crippen molar-refractivity contribution in [3.8, 4) is 0 Å². The first kappa shape index (κ1) is 16.0. The number of nitrogens with one attached hydrogen (secondary N) is 1. The van der Waals surface area contributed by atoms with Crippen molar-refractivity contribution >= 4 is 27.0 Å². The van der Waals surface area contributed by atoms with Gasteiger partial charge in [0.05, 0.1) is 4.90 Å². The fourth-order valence-electron chi connectivity index (χ4n) is 2.02. The second-order valence-corrected chi connectivity index (χ2v) is 7.78. The third-order valence-electron chi connectivity index (χ3n) is 3.31. The van der Waals surface area contributed by atoms with Gasteiger partial charge in [-0.3, -0.25) is 0 Å². The van der Waals surface area contributed by atoms with Gasteiger partial charge < -0.3 is 5.73 Å². The summed E-state index contributed by atoms with van der Waals surface area (Å²) in [6.07, 6.45) is 1.75. The SMILES string of the molecule is CCc1ccc(CNS(=O)(=O)c2ccc(CC)c(N)c2)s1. The van der Waals surface area contributed by atoms with Crippen molar-refractivity contribution in [1.82, 2.24) is 4.72 Å². The molecule has 0 saturated carbocycles. The number of aryl methyl sites for hydroxylation is 2. The monoisotopic (exact) mass is 324 g/mol. The Morgan fingerprint density at radius 1 is 1.10 bits per heavy atom. The lowest BCUT2D eigenvalue weighted by molar-refractivity contribution is 0.582. The maximum atomic E-state index is 12.3. The molecule has 0 amide bonds. The minimum Gasteiger partial charge on any atom is -0.398 e. The van der Waals surface area contributed by atoms with Gasteiger partial charge in [0.1, 0.15) is 0 Å². The Morgan fingerprint density at radius 3 is 2.38 bits per heavy atom. The molecule has 114 valence electrons. The van der Waals surface area contributed by atoms with Crippen LogP contribution in [0.25, 0.3) is 0 Å². The third-order valence-corrected chi connectivity index (χ3v) is 5.94. The average Bonchev–Trinajstić information content (AvgIpc) is 2.93. The predicted octanol–water partition coefficient (Wildman–Crippen LogP) is 2.93. The van der Waals surface area contributed by atoms with E-state index in [1.807, 2.05) is 19.1 Å². The van der Waals surface area contributed by atoms with Crippen LogP contribution in [-0.4, -0.2) is 8.42 Å². The number of thiophene rings is 1. The molecule has 2 aromatic rings. The van der Waals surface area contributed by atoms with Crippen LogP contribution in [0.1, 0.15) is 29.2 Å². The third kappa shape index (κ3) is 3.84. The highest BCUT2D eigenvalue weighted by Crippen LogP contribution is 2.20. The Bertz CT molecular complexity index is 721. The van der Waals surface area contributed by atoms with Gasteiger partial charge in [0.2, 0.25) is 10.0 Å². The quantitative estimate of drug-likeness (QED) is 0.803. The van der Waals surface area contributed by atoms with Crippen molar-refractivity contribution in [2.75, 3.05) is 5.73 Å². The van der Waals surface area contributed by atoms with Gasteiger partial charge in [-0.05, 0) is 42.7 Å². The van der Waals surface area contributed by atoms with Crippen molar-refractivity contribution in [1.29, 1.82) is 0 Å². The van der Waals surface area contributed by atoms with Gasteiger partial charge in [0.25, 0.3) is 0 Å². The Kier molecular flexibility index (Phi) is 5.03. The summed E-state index contributed by atoms with van der Waals surface area (Å²) in [5, 5.41) is 0. The molecule has 0 atom stereocenters. The van der Waals surface area contributed by atoms with Gasteiger partial charge >= 0.3 is 0 Å². The van der Waals surface area contributed by atoms with E-state index in [4.69, 9.17) is 5.73 Å². The molecule has 6 heteroatoms. The van der Waals surface area contributed by atoms with E-state index in [2.05, 4.69) is 11.6 Å². The van der Waals surface area contributed by atoms with Crippen molar-refractivity contribution in [3.63, 3.8) is 0 Å². The highest BCUT2D eigenvalue weighted by atomic mass is 32.2. The summed E-state index contributed by atoms with van der Waals surface area (Å²) in [7, 11) is -3.53. The first-order valence-corrected chi connectivity index (χ1v) is 9.22. The molecule has 1 heterocycles. The smallest absolute Gasteiger partial charge is 0.240 e. The van der Waals surface area contributed by atoms with Crippen LogP contribution in [0.15, 0.2) is 35.2 Å². The van der Waals surface area contributed by atoms with Crippen LogP contribution >= 0.6 is 11.3 Å². The minimum atomic E-state index is -3.53. The van der Waals surface area contributed by atoms with E-state index in [-0.39, 0.29) is 4.90 Å². The van der Waals surface area contributed by atoms with Gasteiger partial charge in [0.15, 0.2) is 0 Å². The molecular weight excluding hydrogens is 304 g/mol. The second-order valence-electron chi connectivity index (χ2n) is 4.76. The van der Waals surface area contributed by atoms with Crippen molar-refractivity contribution in [2.24, 2.45) is 0 Å². The van der Waals surface area contributed by atoms with Gasteiger partial charge in [0, 0.05) is 22.0 Å². The summed E-state index contributed by atoms with van der Waals surface area (Å²) < 4.78 is 27.2. The van der Waals surface area contributed by atoms with E-state index in [1.54, 1.807) is 23.5 Å². The molecule has 0 fully saturated rings. The maximum Gasteiger partial charge on any atom is 0.240 e. The molecule has 0 radical (unpaired) electrons. The summed E-state index contributed by atoms with van der Waals surface area (Å²) in [5.74, 6) is 0. The largest absolute Gasteiger partial charge is 0.398 e. The lowest BCUT2D eigenvalue weighted by atomic mass is 10.1. The first-order chi connectivity index (χ1) is 9.96. The summed E-state index contributed by atoms with van der Waals surface area (Å²) in [6, 6.07) is 8.88. The van der Waals surface area contributed by atoms with Crippen LogP contribution in [0.5, 0.6) is 0 Å². The number of hydrogen-bond donors (Lipinski definition) is 2. The summed E-state index contributed by atoms with van der Waals surface area (Å²) >= 11 is 1.63. The van der Waals surface area contributed by atoms with E-state index in [0.29, 0.717) is 12.2 Å². The number of nitrogen functional groups attached to an aromatic ring is 1. The summed E-state index contributed by atoms with van der Waals surface area (Å²) in [6.45, 7) is 4.38. The predicted molar refractivity (Wildman–Crippen MR) is 88.0 cm³/mol. The number of nitrogens with two attached hydrogens (primary N) is 1. The van der Waals surface area contributed by atoms with Gasteiger partial charge in [-0.1, -0.05) is 19.9 Å². The van der Waals surface area contributed by atoms with Crippen LogP contribution in [0.3, 0.4) is 0 Å². The second kappa shape index (κ2) is 6.60. The maximum absolute atomic E-state index is 12.3. The highest BCUT2D eigenvalue weighted by Gasteiger charge is 2.15. The van der Waals surface area contributed by atoms with E-state index in [9.17, 15) is 8.42 Å². The summed E-state index contributed by atoms with van der Waals surface area (Å²) in [4.78, 5) is 2.47. The van der Waals surface area contributed by atoms with E-state index >= 15 is 0 Å². The molecule has 0 bridgehead atoms. The molecule has 0 aliphatic rings. The molecule has 0 aliphatic heterocycles. The molecule has 3 N–H and O–H groups in total. The van der Waals surface area contributed by atoms with Gasteiger partial charge in [-0.25, -0.2) is 13.1 Å². The van der Waals surface area contributed by atoms with Crippen LogP contribution in [0.4, 0.5) is 5.69 Å². The molecule has 4 nitrogen and oxygen atoms in total. The van der Waals surface area contributed by atoms with E-state index < -0.39 is 10.0 Å². The first-order valence-electron chi connectivity index (χ1n) is 6.92. The molecule has 0 unspecified atom stereocenters. The summed E-state index contributed by atoms with van der Waals surface area (Å²) in [5.41, 5.74) is 7.34. The number of rotatable bonds is 6. The van der Waals surface area contributed by atoms with Crippen molar-refractivity contribution < 1.29 is 8.42 Å². The van der Waals surface area contributed by atoms with Gasteiger partial charge in [-0.15, -0.1) is 11.3 Å². The minimum absolute atomic E-state index is 0.212. The van der Waals surface area contributed by atoms with Crippen molar-refractivity contribution in [3.05, 3.63) is 45.6 Å². The van der Waals surface area contributed by atoms with Crippen LogP contribution < -0.4 is 10.5 Å². The molecule has 1 aromatic carbocycles. The zero-order valence-corrected chi connectivity index (χ0v) is 13.9. The molecule has 0 spiro atoms. The number of anilines is 1. The Morgan fingerprint density at radius 2 is 1.81 bits per heavy atom. The Labute approximate surface area is 130 Å². The zero-order valence-electron chi connectivity index (χ0n) is 12.2. The molecular formula is C15H20N2O2S2. The van der Waals surface area contributed by atoms with E-state index in [1.165, 1.54) is 10.9 Å². The fourth-order valence-corrected chi connectivity index (χ4v) is 4.05. The Hall–Kier alpha value is -1.37. The van der Waals surface area contributed by atoms with Gasteiger partial charge in [-0.2, -0.15) is 0 Å². The lowest BCUT2D eigenvalue weighted by Crippen LogP contribution is -2.23. The molecule has 0 saturated heterocycles. The standard InChI is InChI=1S/C15H20N2O2S2/c1-3-11-5-8-14(9-15(11)16)21(18,19)17-10-13-7-6-12(4-2)20-13/h5-9,17H,3-4,10,16H2,1-2H3. The zero-order chi connectivity index (χ0) is 15.5. The molecule has 1 aromatic heterocycles. The molecule has 0 aliphatic carbocycles. The molecule has 2 rings (SSSR count). The number of sulfonamides is 1. The normalized spacial score (nSPS) is 11.7. The van der Waals surface area contributed by atoms with Crippen molar-refractivity contribution in [2.45, 2.75) is 38.1 Å². The fraction of sp³-hybridized carbons (Fsp3) is 0.333. The highest BCUT2D eigenvalue weighted by molar-refractivity contribution is 7.89. The topological polar surface area (TPSA) is 72.2 Å². The molecule has 21 heavy (non-hydrogen) atoms. The van der Waals surface area contributed by atoms with Crippen LogP contribution in [-0.2, 0) is 29.4 Å². The van der Waals surface area contributed by atoms with E-state index in [0.717, 1.165) is 23.3 Å². The lowest BCUT2D eigenvalue weighted by Gasteiger charge is -2.08. The Balaban J connectivity index is 2.12. The van der Waals surface area contributed by atoms with Crippen LogP contribution in [0.2, 0.25) is 0 Å². The number of hydrogen-bond acceptors (Lipinski definition) is 4. The average molecular weight is 324 g/mol.